The van der Waals surface area contributed by atoms with Crippen molar-refractivity contribution in [3.63, 3.8) is 0 Å². The summed E-state index contributed by atoms with van der Waals surface area (Å²) in [4.78, 5) is 24.4. The topological polar surface area (TPSA) is 104 Å². The van der Waals surface area contributed by atoms with Gasteiger partial charge in [-0.2, -0.15) is 0 Å². The number of benzene rings is 7. The molecule has 0 bridgehead atoms. The monoisotopic (exact) mass is 709 g/mol. The van der Waals surface area contributed by atoms with Gasteiger partial charge >= 0.3 is 0 Å². The molecule has 0 aliphatic carbocycles. The molecule has 0 N–H and O–H groups in total. The lowest BCUT2D eigenvalue weighted by atomic mass is 10.0. The number of hydrogen-bond acceptors (Lipinski definition) is 8. The predicted octanol–water partition coefficient (Wildman–Crippen LogP) is 12.1. The summed E-state index contributed by atoms with van der Waals surface area (Å²) in [6, 6.07) is 54.1. The minimum absolute atomic E-state index is 0.545. The molecule has 11 aromatic rings. The maximum absolute atomic E-state index is 6.09. The smallest absolute Gasteiger partial charge is 0.227 e. The molecule has 258 valence electrons. The largest absolute Gasteiger partial charge is 0.456 e. The van der Waals surface area contributed by atoms with Crippen LogP contribution in [0, 0.1) is 0 Å². The standard InChI is InChI=1S/C47H27N5O3/c1-4-13-39-35(10-1)36-27-33(24-25-40(36)53-39)32-8-7-9-34(26-32)45-51-43(28-16-20-30(21-17-28)46-48-37-11-2-5-14-41(37)54-46)50-44(52-45)29-18-22-31(23-19-29)47-49-38-12-3-6-15-42(38)55-47/h1-27H. The zero-order valence-corrected chi connectivity index (χ0v) is 29.0. The molecule has 4 aromatic heterocycles. The van der Waals surface area contributed by atoms with Gasteiger partial charge in [-0.15, -0.1) is 0 Å². The van der Waals surface area contributed by atoms with Gasteiger partial charge < -0.3 is 13.3 Å². The highest BCUT2D eigenvalue weighted by Crippen LogP contribution is 2.35. The predicted molar refractivity (Wildman–Crippen MR) is 215 cm³/mol. The minimum atomic E-state index is 0.545. The first-order chi connectivity index (χ1) is 27.2. The van der Waals surface area contributed by atoms with Crippen LogP contribution in [0.2, 0.25) is 0 Å². The lowest BCUT2D eigenvalue weighted by molar-refractivity contribution is 0.619. The second-order valence-corrected chi connectivity index (χ2v) is 13.3. The Kier molecular flexibility index (Phi) is 6.99. The number of furan rings is 1. The quantitative estimate of drug-likeness (QED) is 0.168. The first-order valence-corrected chi connectivity index (χ1v) is 17.9. The summed E-state index contributed by atoms with van der Waals surface area (Å²) in [5.74, 6) is 2.76. The molecule has 0 atom stereocenters. The van der Waals surface area contributed by atoms with Crippen LogP contribution in [0.25, 0.3) is 112 Å². The van der Waals surface area contributed by atoms with Crippen molar-refractivity contribution in [1.82, 2.24) is 24.9 Å². The van der Waals surface area contributed by atoms with E-state index < -0.39 is 0 Å². The molecule has 8 nitrogen and oxygen atoms in total. The van der Waals surface area contributed by atoms with Crippen molar-refractivity contribution in [1.29, 1.82) is 0 Å². The lowest BCUT2D eigenvalue weighted by Crippen LogP contribution is -2.00. The van der Waals surface area contributed by atoms with Crippen LogP contribution in [0.5, 0.6) is 0 Å². The Morgan fingerprint density at radius 1 is 0.273 bits per heavy atom. The average Bonchev–Trinajstić information content (AvgIpc) is 3.99. The van der Waals surface area contributed by atoms with Gasteiger partial charge in [-0.25, -0.2) is 24.9 Å². The van der Waals surface area contributed by atoms with E-state index in [2.05, 4.69) is 40.3 Å². The summed E-state index contributed by atoms with van der Waals surface area (Å²) in [7, 11) is 0. The maximum atomic E-state index is 6.09. The second kappa shape index (κ2) is 12.5. The molecule has 0 amide bonds. The Hall–Kier alpha value is -7.71. The third-order valence-electron chi connectivity index (χ3n) is 9.83. The Labute approximate surface area is 313 Å². The van der Waals surface area contributed by atoms with Gasteiger partial charge in [0.2, 0.25) is 11.8 Å². The normalized spacial score (nSPS) is 11.6. The van der Waals surface area contributed by atoms with Crippen molar-refractivity contribution in [2.24, 2.45) is 0 Å². The molecule has 0 aliphatic rings. The number of oxazole rings is 2. The fraction of sp³-hybridized carbons (Fsp3) is 0. The molecule has 55 heavy (non-hydrogen) atoms. The van der Waals surface area contributed by atoms with Gasteiger partial charge in [0.05, 0.1) is 0 Å². The zero-order valence-electron chi connectivity index (χ0n) is 29.0. The Balaban J connectivity index is 0.998. The van der Waals surface area contributed by atoms with Gasteiger partial charge in [0.25, 0.3) is 0 Å². The molecular weight excluding hydrogens is 683 g/mol. The third-order valence-corrected chi connectivity index (χ3v) is 9.83. The molecule has 8 heteroatoms. The van der Waals surface area contributed by atoms with Crippen LogP contribution in [0.4, 0.5) is 0 Å². The molecule has 0 unspecified atom stereocenters. The zero-order chi connectivity index (χ0) is 36.3. The minimum Gasteiger partial charge on any atom is -0.456 e. The van der Waals surface area contributed by atoms with E-state index in [1.165, 1.54) is 0 Å². The van der Waals surface area contributed by atoms with Crippen molar-refractivity contribution in [2.45, 2.75) is 0 Å². The van der Waals surface area contributed by atoms with Crippen LogP contribution in [0.15, 0.2) is 177 Å². The SMILES string of the molecule is c1cc(-c2ccc3oc4ccccc4c3c2)cc(-c2nc(-c3ccc(-c4nc5ccccc5o4)cc3)nc(-c3ccc(-c4nc5ccccc5o4)cc3)n2)c1. The van der Waals surface area contributed by atoms with E-state index >= 15 is 0 Å². The number of para-hydroxylation sites is 5. The number of nitrogens with zero attached hydrogens (tertiary/aromatic N) is 5. The van der Waals surface area contributed by atoms with Gasteiger partial charge in [0.1, 0.15) is 22.2 Å². The summed E-state index contributed by atoms with van der Waals surface area (Å²) in [5, 5.41) is 2.16. The first-order valence-electron chi connectivity index (χ1n) is 17.9. The van der Waals surface area contributed by atoms with Crippen LogP contribution in [0.1, 0.15) is 0 Å². The van der Waals surface area contributed by atoms with E-state index in [1.54, 1.807) is 0 Å². The Morgan fingerprint density at radius 3 is 1.33 bits per heavy atom. The van der Waals surface area contributed by atoms with Crippen molar-refractivity contribution in [3.05, 3.63) is 164 Å². The molecular formula is C47H27N5O3. The van der Waals surface area contributed by atoms with E-state index in [4.69, 9.17) is 28.2 Å². The highest BCUT2D eigenvalue weighted by molar-refractivity contribution is 6.06. The number of rotatable bonds is 6. The molecule has 11 rings (SSSR count). The second-order valence-electron chi connectivity index (χ2n) is 13.3. The summed E-state index contributed by atoms with van der Waals surface area (Å²) in [5.41, 5.74) is 11.2. The fourth-order valence-electron chi connectivity index (χ4n) is 7.02. The van der Waals surface area contributed by atoms with Crippen LogP contribution in [0.3, 0.4) is 0 Å². The number of fused-ring (bicyclic) bond motifs is 5. The third kappa shape index (κ3) is 5.52. The van der Waals surface area contributed by atoms with E-state index in [-0.39, 0.29) is 0 Å². The highest BCUT2D eigenvalue weighted by Gasteiger charge is 2.16. The van der Waals surface area contributed by atoms with Gasteiger partial charge in [0, 0.05) is 38.6 Å². The van der Waals surface area contributed by atoms with E-state index in [0.29, 0.717) is 29.3 Å². The maximum Gasteiger partial charge on any atom is 0.227 e. The molecule has 0 spiro atoms. The average molecular weight is 710 g/mol. The first kappa shape index (κ1) is 30.9. The summed E-state index contributed by atoms with van der Waals surface area (Å²) < 4.78 is 18.2. The number of aromatic nitrogens is 5. The molecule has 0 aliphatic heterocycles. The fourth-order valence-corrected chi connectivity index (χ4v) is 7.02. The van der Waals surface area contributed by atoms with Crippen LogP contribution in [-0.2, 0) is 0 Å². The summed E-state index contributed by atoms with van der Waals surface area (Å²) in [6.07, 6.45) is 0. The lowest BCUT2D eigenvalue weighted by Gasteiger charge is -2.10. The van der Waals surface area contributed by atoms with E-state index in [1.807, 2.05) is 133 Å². The molecule has 0 saturated heterocycles. The molecule has 7 aromatic carbocycles. The van der Waals surface area contributed by atoms with Crippen LogP contribution >= 0.6 is 0 Å². The summed E-state index contributed by atoms with van der Waals surface area (Å²) >= 11 is 0. The van der Waals surface area contributed by atoms with Crippen molar-refractivity contribution >= 4 is 44.1 Å². The van der Waals surface area contributed by atoms with Crippen LogP contribution < -0.4 is 0 Å². The van der Waals surface area contributed by atoms with Gasteiger partial charge in [-0.05, 0) is 83.9 Å². The Bertz CT molecular complexity index is 3010. The van der Waals surface area contributed by atoms with Gasteiger partial charge in [0.15, 0.2) is 28.6 Å². The molecule has 0 radical (unpaired) electrons. The van der Waals surface area contributed by atoms with Crippen molar-refractivity contribution in [2.75, 3.05) is 0 Å². The Morgan fingerprint density at radius 2 is 0.727 bits per heavy atom. The van der Waals surface area contributed by atoms with Gasteiger partial charge in [-0.1, -0.05) is 91.0 Å². The molecule has 0 fully saturated rings. The molecule has 4 heterocycles. The van der Waals surface area contributed by atoms with E-state index in [9.17, 15) is 0 Å². The van der Waals surface area contributed by atoms with Crippen LogP contribution in [-0.4, -0.2) is 24.9 Å². The summed E-state index contributed by atoms with van der Waals surface area (Å²) in [6.45, 7) is 0. The van der Waals surface area contributed by atoms with E-state index in [0.717, 1.165) is 83.1 Å². The van der Waals surface area contributed by atoms with Crippen molar-refractivity contribution < 1.29 is 13.3 Å². The highest BCUT2D eigenvalue weighted by atomic mass is 16.4. The number of hydrogen-bond donors (Lipinski definition) is 0. The van der Waals surface area contributed by atoms with Gasteiger partial charge in [-0.3, -0.25) is 0 Å². The molecule has 0 saturated carbocycles. The van der Waals surface area contributed by atoms with Crippen molar-refractivity contribution in [3.8, 4) is 68.2 Å².